The van der Waals surface area contributed by atoms with E-state index in [1.807, 2.05) is 13.8 Å². The van der Waals surface area contributed by atoms with Crippen LogP contribution < -0.4 is 14.8 Å². The highest BCUT2D eigenvalue weighted by molar-refractivity contribution is 5.94. The van der Waals surface area contributed by atoms with Crippen LogP contribution in [0.15, 0.2) is 42.5 Å². The van der Waals surface area contributed by atoms with E-state index >= 15 is 0 Å². The van der Waals surface area contributed by atoms with Crippen LogP contribution in [-0.2, 0) is 11.2 Å². The van der Waals surface area contributed by atoms with E-state index < -0.39 is 4.92 Å². The summed E-state index contributed by atoms with van der Waals surface area (Å²) in [5.74, 6) is 0.748. The number of hydrogen-bond acceptors (Lipinski definition) is 5. The molecule has 132 valence electrons. The van der Waals surface area contributed by atoms with Crippen LogP contribution in [0.25, 0.3) is 0 Å². The van der Waals surface area contributed by atoms with Crippen molar-refractivity contribution in [2.75, 3.05) is 18.5 Å². The lowest BCUT2D eigenvalue weighted by molar-refractivity contribution is -0.385. The number of benzene rings is 2. The van der Waals surface area contributed by atoms with Crippen molar-refractivity contribution in [3.63, 3.8) is 0 Å². The number of hydrogen-bond donors (Lipinski definition) is 1. The number of anilines is 1. The summed E-state index contributed by atoms with van der Waals surface area (Å²) in [6, 6.07) is 11.3. The molecule has 7 heteroatoms. The molecule has 0 aliphatic carbocycles. The standard InChI is InChI=1S/C18H20N2O5/c1-3-24-14-9-10-17(25-4-2)15(12-14)19-18(21)11-13-7-5-6-8-16(13)20(22)23/h5-10,12H,3-4,11H2,1-2H3,(H,19,21). The van der Waals surface area contributed by atoms with E-state index in [0.29, 0.717) is 36.0 Å². The van der Waals surface area contributed by atoms with Crippen LogP contribution in [0.5, 0.6) is 11.5 Å². The van der Waals surface area contributed by atoms with Crippen LogP contribution in [0.1, 0.15) is 19.4 Å². The monoisotopic (exact) mass is 344 g/mol. The van der Waals surface area contributed by atoms with E-state index in [-0.39, 0.29) is 18.0 Å². The molecule has 0 aliphatic heterocycles. The van der Waals surface area contributed by atoms with Gasteiger partial charge >= 0.3 is 0 Å². The van der Waals surface area contributed by atoms with Gasteiger partial charge in [0.05, 0.1) is 30.2 Å². The first-order valence-corrected chi connectivity index (χ1v) is 7.97. The Hall–Kier alpha value is -3.09. The first-order valence-electron chi connectivity index (χ1n) is 7.97. The number of rotatable bonds is 8. The van der Waals surface area contributed by atoms with Gasteiger partial charge in [0.15, 0.2) is 0 Å². The molecule has 0 saturated heterocycles. The summed E-state index contributed by atoms with van der Waals surface area (Å²) in [6.45, 7) is 4.65. The van der Waals surface area contributed by atoms with Crippen LogP contribution in [0.4, 0.5) is 11.4 Å². The number of carbonyl (C=O) groups excluding carboxylic acids is 1. The van der Waals surface area contributed by atoms with Crippen molar-refractivity contribution < 1.29 is 19.2 Å². The fourth-order valence-electron chi connectivity index (χ4n) is 2.35. The average Bonchev–Trinajstić information content (AvgIpc) is 2.58. The third-order valence-electron chi connectivity index (χ3n) is 3.38. The molecule has 0 saturated carbocycles. The summed E-state index contributed by atoms with van der Waals surface area (Å²) >= 11 is 0. The lowest BCUT2D eigenvalue weighted by Gasteiger charge is -2.13. The molecule has 2 aromatic carbocycles. The number of nitrogens with zero attached hydrogens (tertiary/aromatic N) is 1. The molecular formula is C18H20N2O5. The molecule has 1 amide bonds. The molecule has 0 fully saturated rings. The third kappa shape index (κ3) is 4.94. The quantitative estimate of drug-likeness (QED) is 0.584. The fourth-order valence-corrected chi connectivity index (χ4v) is 2.35. The Labute approximate surface area is 145 Å². The Morgan fingerprint density at radius 3 is 2.52 bits per heavy atom. The molecule has 0 atom stereocenters. The predicted molar refractivity (Wildman–Crippen MR) is 94.2 cm³/mol. The van der Waals surface area contributed by atoms with Gasteiger partial charge in [-0.15, -0.1) is 0 Å². The second-order valence-electron chi connectivity index (χ2n) is 5.13. The molecule has 0 bridgehead atoms. The Bertz CT molecular complexity index is 761. The van der Waals surface area contributed by atoms with Crippen LogP contribution in [0.3, 0.4) is 0 Å². The molecule has 2 aromatic rings. The topological polar surface area (TPSA) is 90.7 Å². The average molecular weight is 344 g/mol. The minimum Gasteiger partial charge on any atom is -0.494 e. The zero-order valence-electron chi connectivity index (χ0n) is 14.2. The van der Waals surface area contributed by atoms with Gasteiger partial charge in [0.1, 0.15) is 11.5 Å². The van der Waals surface area contributed by atoms with Crippen molar-refractivity contribution >= 4 is 17.3 Å². The molecule has 25 heavy (non-hydrogen) atoms. The second-order valence-corrected chi connectivity index (χ2v) is 5.13. The number of amides is 1. The van der Waals surface area contributed by atoms with E-state index in [4.69, 9.17) is 9.47 Å². The molecule has 2 rings (SSSR count). The van der Waals surface area contributed by atoms with Gasteiger partial charge in [-0.1, -0.05) is 18.2 Å². The highest BCUT2D eigenvalue weighted by Gasteiger charge is 2.17. The maximum atomic E-state index is 12.4. The molecule has 0 radical (unpaired) electrons. The molecule has 0 aromatic heterocycles. The van der Waals surface area contributed by atoms with Gasteiger partial charge in [0.2, 0.25) is 5.91 Å². The molecule has 0 spiro atoms. The van der Waals surface area contributed by atoms with Crippen molar-refractivity contribution in [3.8, 4) is 11.5 Å². The minimum absolute atomic E-state index is 0.0780. The van der Waals surface area contributed by atoms with Crippen molar-refractivity contribution in [3.05, 3.63) is 58.1 Å². The van der Waals surface area contributed by atoms with Crippen LogP contribution >= 0.6 is 0 Å². The maximum absolute atomic E-state index is 12.4. The first kappa shape index (κ1) is 18.3. The Morgan fingerprint density at radius 1 is 1.12 bits per heavy atom. The van der Waals surface area contributed by atoms with E-state index in [1.54, 1.807) is 36.4 Å². The van der Waals surface area contributed by atoms with Gasteiger partial charge in [-0.05, 0) is 26.0 Å². The molecule has 0 unspecified atom stereocenters. The fraction of sp³-hybridized carbons (Fsp3) is 0.278. The number of para-hydroxylation sites is 1. The minimum atomic E-state index is -0.496. The summed E-state index contributed by atoms with van der Waals surface area (Å²) in [5, 5.41) is 13.8. The zero-order valence-corrected chi connectivity index (χ0v) is 14.2. The summed E-state index contributed by atoms with van der Waals surface area (Å²) in [4.78, 5) is 22.9. The zero-order chi connectivity index (χ0) is 18.2. The smallest absolute Gasteiger partial charge is 0.273 e. The summed E-state index contributed by atoms with van der Waals surface area (Å²) in [5.41, 5.74) is 0.742. The van der Waals surface area contributed by atoms with E-state index in [2.05, 4.69) is 5.32 Å². The number of nitro benzene ring substituents is 1. The lowest BCUT2D eigenvalue weighted by atomic mass is 10.1. The number of carbonyl (C=O) groups is 1. The Kier molecular flexibility index (Phi) is 6.33. The van der Waals surface area contributed by atoms with Crippen molar-refractivity contribution in [2.45, 2.75) is 20.3 Å². The molecule has 0 aliphatic rings. The largest absolute Gasteiger partial charge is 0.494 e. The number of nitrogens with one attached hydrogen (secondary N) is 1. The summed E-state index contributed by atoms with van der Waals surface area (Å²) < 4.78 is 10.9. The summed E-state index contributed by atoms with van der Waals surface area (Å²) in [7, 11) is 0. The van der Waals surface area contributed by atoms with Gasteiger partial charge in [-0.25, -0.2) is 0 Å². The van der Waals surface area contributed by atoms with Crippen LogP contribution in [0.2, 0.25) is 0 Å². The van der Waals surface area contributed by atoms with Crippen LogP contribution in [-0.4, -0.2) is 24.0 Å². The second kappa shape index (κ2) is 8.68. The highest BCUT2D eigenvalue weighted by atomic mass is 16.6. The van der Waals surface area contributed by atoms with E-state index in [1.165, 1.54) is 6.07 Å². The van der Waals surface area contributed by atoms with Crippen molar-refractivity contribution in [2.24, 2.45) is 0 Å². The molecule has 0 heterocycles. The molecular weight excluding hydrogens is 324 g/mol. The van der Waals surface area contributed by atoms with Gasteiger partial charge < -0.3 is 14.8 Å². The SMILES string of the molecule is CCOc1ccc(OCC)c(NC(=O)Cc2ccccc2[N+](=O)[O-])c1. The Morgan fingerprint density at radius 2 is 1.84 bits per heavy atom. The van der Waals surface area contributed by atoms with E-state index in [0.717, 1.165) is 0 Å². The highest BCUT2D eigenvalue weighted by Crippen LogP contribution is 2.30. The van der Waals surface area contributed by atoms with Crippen LogP contribution in [0, 0.1) is 10.1 Å². The van der Waals surface area contributed by atoms with Crippen molar-refractivity contribution in [1.82, 2.24) is 0 Å². The molecule has 1 N–H and O–H groups in total. The summed E-state index contributed by atoms with van der Waals surface area (Å²) in [6.07, 6.45) is -0.110. The van der Waals surface area contributed by atoms with Gasteiger partial charge in [0.25, 0.3) is 5.69 Å². The maximum Gasteiger partial charge on any atom is 0.273 e. The predicted octanol–water partition coefficient (Wildman–Crippen LogP) is 3.57. The van der Waals surface area contributed by atoms with Gasteiger partial charge in [0, 0.05) is 17.7 Å². The van der Waals surface area contributed by atoms with Crippen molar-refractivity contribution in [1.29, 1.82) is 0 Å². The number of ether oxygens (including phenoxy) is 2. The van der Waals surface area contributed by atoms with Gasteiger partial charge in [-0.2, -0.15) is 0 Å². The van der Waals surface area contributed by atoms with Gasteiger partial charge in [-0.3, -0.25) is 14.9 Å². The lowest BCUT2D eigenvalue weighted by Crippen LogP contribution is -2.16. The normalized spacial score (nSPS) is 10.2. The Balaban J connectivity index is 2.19. The van der Waals surface area contributed by atoms with E-state index in [9.17, 15) is 14.9 Å². The molecule has 7 nitrogen and oxygen atoms in total. The third-order valence-corrected chi connectivity index (χ3v) is 3.38. The first-order chi connectivity index (χ1) is 12.0. The number of nitro groups is 1.